The van der Waals surface area contributed by atoms with Crippen LogP contribution in [0.25, 0.3) is 0 Å². The maximum atomic E-state index is 13.8. The van der Waals surface area contributed by atoms with Gasteiger partial charge >= 0.3 is 0 Å². The Morgan fingerprint density at radius 2 is 1.97 bits per heavy atom. The minimum Gasteiger partial charge on any atom is -0.335 e. The lowest BCUT2D eigenvalue weighted by Crippen LogP contribution is -2.39. The first-order valence-corrected chi connectivity index (χ1v) is 12.6. The lowest BCUT2D eigenvalue weighted by Gasteiger charge is -2.27. The molecule has 4 nitrogen and oxygen atoms in total. The van der Waals surface area contributed by atoms with Crippen LogP contribution in [-0.4, -0.2) is 28.6 Å². The van der Waals surface area contributed by atoms with E-state index in [0.29, 0.717) is 18.8 Å². The van der Waals surface area contributed by atoms with Crippen LogP contribution in [0, 0.1) is 6.92 Å². The van der Waals surface area contributed by atoms with Crippen molar-refractivity contribution in [2.24, 2.45) is 0 Å². The summed E-state index contributed by atoms with van der Waals surface area (Å²) in [6.45, 7) is 5.21. The molecule has 1 amide bonds. The number of rotatable bonds is 10. The summed E-state index contributed by atoms with van der Waals surface area (Å²) in [6, 6.07) is 10.7. The van der Waals surface area contributed by atoms with E-state index in [-0.39, 0.29) is 5.91 Å². The highest BCUT2D eigenvalue weighted by Crippen LogP contribution is 2.50. The molecule has 1 aliphatic carbocycles. The monoisotopic (exact) mass is 452 g/mol. The number of thiophene rings is 1. The van der Waals surface area contributed by atoms with Gasteiger partial charge in [-0.2, -0.15) is 11.3 Å². The molecule has 0 radical (unpaired) electrons. The summed E-state index contributed by atoms with van der Waals surface area (Å²) in [5.74, 6) is 0.197. The number of aldehydes is 1. The van der Waals surface area contributed by atoms with Gasteiger partial charge in [0.05, 0.1) is 12.0 Å². The molecule has 1 aliphatic rings. The molecular weight excluding hydrogens is 424 g/mol. The van der Waals surface area contributed by atoms with Gasteiger partial charge < -0.3 is 4.90 Å². The molecule has 162 valence electrons. The zero-order valence-corrected chi connectivity index (χ0v) is 19.7. The van der Waals surface area contributed by atoms with Crippen molar-refractivity contribution < 1.29 is 9.59 Å². The van der Waals surface area contributed by atoms with Crippen molar-refractivity contribution in [1.82, 2.24) is 9.88 Å². The van der Waals surface area contributed by atoms with Crippen LogP contribution in [0.2, 0.25) is 0 Å². The third-order valence-electron chi connectivity index (χ3n) is 6.15. The summed E-state index contributed by atoms with van der Waals surface area (Å²) in [5.41, 5.74) is 3.83. The molecule has 0 saturated heterocycles. The van der Waals surface area contributed by atoms with Crippen molar-refractivity contribution in [2.75, 3.05) is 6.54 Å². The Bertz CT molecular complexity index is 1030. The van der Waals surface area contributed by atoms with Gasteiger partial charge in [0.1, 0.15) is 10.7 Å². The van der Waals surface area contributed by atoms with E-state index in [1.807, 2.05) is 11.8 Å². The molecule has 1 aromatic carbocycles. The molecule has 2 aromatic heterocycles. The predicted molar refractivity (Wildman–Crippen MR) is 127 cm³/mol. The molecule has 2 heterocycles. The quantitative estimate of drug-likeness (QED) is 0.377. The van der Waals surface area contributed by atoms with Crippen molar-refractivity contribution in [3.63, 3.8) is 0 Å². The molecule has 31 heavy (non-hydrogen) atoms. The normalized spacial score (nSPS) is 14.4. The van der Waals surface area contributed by atoms with Crippen LogP contribution in [-0.2, 0) is 29.6 Å². The molecule has 3 aromatic rings. The Balaban J connectivity index is 1.54. The Morgan fingerprint density at radius 3 is 2.55 bits per heavy atom. The first kappa shape index (κ1) is 21.9. The number of carbonyl (C=O) groups is 2. The first-order valence-electron chi connectivity index (χ1n) is 10.9. The lowest BCUT2D eigenvalue weighted by atomic mass is 9.93. The fourth-order valence-corrected chi connectivity index (χ4v) is 5.70. The minimum atomic E-state index is -0.394. The van der Waals surface area contributed by atoms with Gasteiger partial charge in [-0.15, -0.1) is 11.3 Å². The molecule has 0 unspecified atom stereocenters. The van der Waals surface area contributed by atoms with Gasteiger partial charge in [0.2, 0.25) is 5.91 Å². The second-order valence-corrected chi connectivity index (χ2v) is 10.3. The number of benzene rings is 1. The predicted octanol–water partition coefficient (Wildman–Crippen LogP) is 5.58. The second kappa shape index (κ2) is 9.45. The number of aryl methyl sites for hydroxylation is 3. The maximum Gasteiger partial charge on any atom is 0.233 e. The third kappa shape index (κ3) is 4.80. The molecular formula is C25H28N2O2S2. The number of carbonyl (C=O) groups excluding carboxylic acids is 2. The number of amides is 1. The molecule has 4 rings (SSSR count). The number of hydrogen-bond donors (Lipinski definition) is 0. The average Bonchev–Trinajstić information content (AvgIpc) is 3.28. The summed E-state index contributed by atoms with van der Waals surface area (Å²) in [6.07, 6.45) is 5.47. The highest BCUT2D eigenvalue weighted by molar-refractivity contribution is 7.11. The molecule has 0 atom stereocenters. The second-order valence-electron chi connectivity index (χ2n) is 8.26. The van der Waals surface area contributed by atoms with E-state index in [9.17, 15) is 9.59 Å². The van der Waals surface area contributed by atoms with Gasteiger partial charge in [0.25, 0.3) is 0 Å². The van der Waals surface area contributed by atoms with Gasteiger partial charge in [-0.1, -0.05) is 31.2 Å². The zero-order chi connectivity index (χ0) is 21.8. The van der Waals surface area contributed by atoms with Crippen LogP contribution in [0.5, 0.6) is 0 Å². The largest absolute Gasteiger partial charge is 0.335 e. The SMILES string of the molecule is CCc1ccc(C2(C(=O)N(CCCc3ccsc3)Cc3nc(C=O)c(C)s3)CC2)cc1. The third-order valence-corrected chi connectivity index (χ3v) is 7.85. The van der Waals surface area contributed by atoms with Gasteiger partial charge in [-0.25, -0.2) is 4.98 Å². The van der Waals surface area contributed by atoms with E-state index in [2.05, 4.69) is 53.0 Å². The molecule has 1 saturated carbocycles. The van der Waals surface area contributed by atoms with Crippen LogP contribution >= 0.6 is 22.7 Å². The molecule has 1 fully saturated rings. The van der Waals surface area contributed by atoms with Gasteiger partial charge in [-0.05, 0) is 72.5 Å². The average molecular weight is 453 g/mol. The fourth-order valence-electron chi connectivity index (χ4n) is 4.08. The van der Waals surface area contributed by atoms with E-state index in [1.165, 1.54) is 22.5 Å². The van der Waals surface area contributed by atoms with Crippen molar-refractivity contribution in [1.29, 1.82) is 0 Å². The molecule has 0 spiro atoms. The number of hydrogen-bond acceptors (Lipinski definition) is 5. The van der Waals surface area contributed by atoms with Crippen LogP contribution in [0.4, 0.5) is 0 Å². The van der Waals surface area contributed by atoms with Crippen LogP contribution in [0.3, 0.4) is 0 Å². The number of aromatic nitrogens is 1. The van der Waals surface area contributed by atoms with E-state index in [4.69, 9.17) is 0 Å². The Kier molecular flexibility index (Phi) is 6.68. The van der Waals surface area contributed by atoms with Crippen LogP contribution in [0.15, 0.2) is 41.1 Å². The standard InChI is InChI=1S/C25H28N2O2S2/c1-3-19-6-8-21(9-7-19)25(11-12-25)24(29)27(13-4-5-20-10-14-30-17-20)15-23-26-22(16-28)18(2)31-23/h6-10,14,16-17H,3-5,11-13,15H2,1-2H3. The Labute approximate surface area is 192 Å². The molecule has 0 aliphatic heterocycles. The smallest absolute Gasteiger partial charge is 0.233 e. The summed E-state index contributed by atoms with van der Waals surface area (Å²) < 4.78 is 0. The molecule has 6 heteroatoms. The highest BCUT2D eigenvalue weighted by atomic mass is 32.1. The van der Waals surface area contributed by atoms with Gasteiger partial charge in [-0.3, -0.25) is 9.59 Å². The first-order chi connectivity index (χ1) is 15.1. The Hall–Kier alpha value is -2.31. The summed E-state index contributed by atoms with van der Waals surface area (Å²) in [4.78, 5) is 32.4. The van der Waals surface area contributed by atoms with E-state index >= 15 is 0 Å². The Morgan fingerprint density at radius 1 is 1.19 bits per heavy atom. The highest BCUT2D eigenvalue weighted by Gasteiger charge is 2.52. The van der Waals surface area contributed by atoms with E-state index in [1.54, 1.807) is 11.3 Å². The van der Waals surface area contributed by atoms with Crippen molar-refractivity contribution >= 4 is 34.9 Å². The summed E-state index contributed by atoms with van der Waals surface area (Å²) in [5, 5.41) is 5.10. The molecule has 0 bridgehead atoms. The van der Waals surface area contributed by atoms with Crippen molar-refractivity contribution in [2.45, 2.75) is 57.9 Å². The van der Waals surface area contributed by atoms with Crippen LogP contribution < -0.4 is 0 Å². The van der Waals surface area contributed by atoms with Crippen molar-refractivity contribution in [3.05, 3.63) is 73.4 Å². The number of nitrogens with zero attached hydrogens (tertiary/aromatic N) is 2. The van der Waals surface area contributed by atoms with Crippen molar-refractivity contribution in [3.8, 4) is 0 Å². The fraction of sp³-hybridized carbons (Fsp3) is 0.400. The maximum absolute atomic E-state index is 13.8. The van der Waals surface area contributed by atoms with E-state index in [0.717, 1.165) is 53.8 Å². The number of thiazole rings is 1. The van der Waals surface area contributed by atoms with E-state index < -0.39 is 5.41 Å². The zero-order valence-electron chi connectivity index (χ0n) is 18.1. The van der Waals surface area contributed by atoms with Gasteiger partial charge in [0.15, 0.2) is 6.29 Å². The lowest BCUT2D eigenvalue weighted by molar-refractivity contribution is -0.134. The van der Waals surface area contributed by atoms with Gasteiger partial charge in [0, 0.05) is 11.4 Å². The van der Waals surface area contributed by atoms with Crippen LogP contribution in [0.1, 0.15) is 63.2 Å². The summed E-state index contributed by atoms with van der Waals surface area (Å²) in [7, 11) is 0. The topological polar surface area (TPSA) is 50.3 Å². The molecule has 0 N–H and O–H groups in total. The summed E-state index contributed by atoms with van der Waals surface area (Å²) >= 11 is 3.22. The minimum absolute atomic E-state index is 0.197.